The van der Waals surface area contributed by atoms with E-state index in [9.17, 15) is 0 Å². The average molecular weight is 477 g/mol. The third-order valence-electron chi connectivity index (χ3n) is 7.46. The molecule has 0 aliphatic rings. The highest BCUT2D eigenvalue weighted by molar-refractivity contribution is 5.50. The predicted molar refractivity (Wildman–Crippen MR) is 159 cm³/mol. The molecule has 2 aromatic rings. The predicted octanol–water partition coefficient (Wildman–Crippen LogP) is 10.5. The Morgan fingerprint density at radius 2 is 0.857 bits per heavy atom. The van der Waals surface area contributed by atoms with Crippen LogP contribution in [0.15, 0.2) is 30.3 Å². The fourth-order valence-electron chi connectivity index (χ4n) is 5.21. The van der Waals surface area contributed by atoms with Crippen molar-refractivity contribution in [3.05, 3.63) is 69.3 Å². The minimum atomic E-state index is 0.0911. The third-order valence-corrected chi connectivity index (χ3v) is 7.46. The summed E-state index contributed by atoms with van der Waals surface area (Å²) in [6, 6.07) is 12.3. The maximum atomic E-state index is 2.52. The lowest BCUT2D eigenvalue weighted by molar-refractivity contribution is 0.523. The van der Waals surface area contributed by atoms with Crippen LogP contribution in [0.3, 0.4) is 0 Å². The van der Waals surface area contributed by atoms with Gasteiger partial charge in [0.15, 0.2) is 0 Å². The van der Waals surface area contributed by atoms with E-state index in [0.717, 1.165) is 6.42 Å². The van der Waals surface area contributed by atoms with Crippen LogP contribution in [0.5, 0.6) is 0 Å². The Morgan fingerprint density at radius 3 is 1.20 bits per heavy atom. The summed E-state index contributed by atoms with van der Waals surface area (Å²) < 4.78 is 0. The van der Waals surface area contributed by atoms with Gasteiger partial charge >= 0.3 is 0 Å². The number of benzene rings is 2. The van der Waals surface area contributed by atoms with Crippen molar-refractivity contribution in [1.29, 1.82) is 0 Å². The molecule has 0 amide bonds. The van der Waals surface area contributed by atoms with Gasteiger partial charge in [-0.15, -0.1) is 0 Å². The molecule has 2 rings (SSSR count). The van der Waals surface area contributed by atoms with E-state index in [2.05, 4.69) is 141 Å². The van der Waals surface area contributed by atoms with Crippen molar-refractivity contribution in [3.8, 4) is 0 Å². The van der Waals surface area contributed by atoms with Gasteiger partial charge in [0.05, 0.1) is 0 Å². The van der Waals surface area contributed by atoms with Crippen LogP contribution in [0.25, 0.3) is 0 Å². The molecule has 0 radical (unpaired) electrons. The average Bonchev–Trinajstić information content (AvgIpc) is 2.63. The molecule has 0 fully saturated rings. The van der Waals surface area contributed by atoms with E-state index in [1.807, 2.05) is 0 Å². The highest BCUT2D eigenvalue weighted by atomic mass is 14.4. The molecule has 0 heteroatoms. The smallest absolute Gasteiger partial charge is 0.0129 e. The molecular weight excluding hydrogens is 420 g/mol. The second-order valence-electron chi connectivity index (χ2n) is 16.2. The molecule has 1 atom stereocenters. The van der Waals surface area contributed by atoms with Crippen molar-refractivity contribution in [2.45, 2.75) is 150 Å². The molecule has 1 unspecified atom stereocenters. The van der Waals surface area contributed by atoms with Gasteiger partial charge in [-0.05, 0) is 78.4 Å². The lowest BCUT2D eigenvalue weighted by Gasteiger charge is -2.36. The summed E-state index contributed by atoms with van der Waals surface area (Å²) in [7, 11) is 0. The molecule has 0 bridgehead atoms. The SMILES string of the molecule is CC(Cc1ccc(C(C)(C)C)cc1C(C)(C)C)c1c(C(C)(C)C)cc(C(C)(C)C)cc1C(C)(C)C. The topological polar surface area (TPSA) is 0 Å². The zero-order valence-electron chi connectivity index (χ0n) is 26.2. The Hall–Kier alpha value is -1.56. The highest BCUT2D eigenvalue weighted by Gasteiger charge is 2.32. The van der Waals surface area contributed by atoms with Crippen LogP contribution in [0.4, 0.5) is 0 Å². The van der Waals surface area contributed by atoms with Crippen LogP contribution in [0.1, 0.15) is 156 Å². The highest BCUT2D eigenvalue weighted by Crippen LogP contribution is 2.43. The van der Waals surface area contributed by atoms with Crippen molar-refractivity contribution in [3.63, 3.8) is 0 Å². The molecule has 0 aromatic heterocycles. The third kappa shape index (κ3) is 7.02. The Morgan fingerprint density at radius 1 is 0.486 bits per heavy atom. The van der Waals surface area contributed by atoms with E-state index in [1.54, 1.807) is 5.56 Å². The van der Waals surface area contributed by atoms with Gasteiger partial charge in [0.25, 0.3) is 0 Å². The molecule has 2 aromatic carbocycles. The van der Waals surface area contributed by atoms with Gasteiger partial charge in [0.2, 0.25) is 0 Å². The maximum absolute atomic E-state index is 2.52. The number of rotatable bonds is 3. The summed E-state index contributed by atoms with van der Waals surface area (Å²) >= 11 is 0. The fourth-order valence-corrected chi connectivity index (χ4v) is 5.21. The monoisotopic (exact) mass is 476 g/mol. The summed E-state index contributed by atoms with van der Waals surface area (Å²) in [4.78, 5) is 0. The summed E-state index contributed by atoms with van der Waals surface area (Å²) in [6.07, 6.45) is 1.07. The molecule has 0 saturated carbocycles. The van der Waals surface area contributed by atoms with Crippen LogP contribution in [0, 0.1) is 0 Å². The fraction of sp³-hybridized carbons (Fsp3) is 0.657. The van der Waals surface area contributed by atoms with E-state index in [1.165, 1.54) is 33.4 Å². The molecule has 35 heavy (non-hydrogen) atoms. The van der Waals surface area contributed by atoms with E-state index < -0.39 is 0 Å². The van der Waals surface area contributed by atoms with Crippen LogP contribution < -0.4 is 0 Å². The second-order valence-corrected chi connectivity index (χ2v) is 16.2. The molecule has 0 saturated heterocycles. The first kappa shape index (κ1) is 29.7. The zero-order valence-corrected chi connectivity index (χ0v) is 26.2. The summed E-state index contributed by atoms with van der Waals surface area (Å²) in [5, 5.41) is 0. The quantitative estimate of drug-likeness (QED) is 0.413. The van der Waals surface area contributed by atoms with Crippen LogP contribution in [0.2, 0.25) is 0 Å². The maximum Gasteiger partial charge on any atom is -0.0129 e. The number of hydrogen-bond acceptors (Lipinski definition) is 0. The van der Waals surface area contributed by atoms with E-state index in [4.69, 9.17) is 0 Å². The summed E-state index contributed by atoms with van der Waals surface area (Å²) in [5.41, 5.74) is 11.1. The lowest BCUT2D eigenvalue weighted by atomic mass is 9.68. The first-order valence-electron chi connectivity index (χ1n) is 13.8. The van der Waals surface area contributed by atoms with Gasteiger partial charge in [0.1, 0.15) is 0 Å². The van der Waals surface area contributed by atoms with E-state index in [-0.39, 0.29) is 27.1 Å². The van der Waals surface area contributed by atoms with Crippen molar-refractivity contribution in [2.24, 2.45) is 0 Å². The van der Waals surface area contributed by atoms with E-state index in [0.29, 0.717) is 5.92 Å². The molecule has 0 nitrogen and oxygen atoms in total. The molecule has 0 aliphatic heterocycles. The standard InChI is InChI=1S/C35H56/c1-23(19-24-17-18-25(31(2,3)4)20-27(24)33(8,9)10)30-28(34(11,12)13)21-26(32(5,6)7)22-29(30)35(14,15)16/h17-18,20-23H,19H2,1-16H3. The van der Waals surface area contributed by atoms with Crippen molar-refractivity contribution >= 4 is 0 Å². The molecular formula is C35H56. The van der Waals surface area contributed by atoms with Crippen molar-refractivity contribution in [1.82, 2.24) is 0 Å². The Bertz CT molecular complexity index is 993. The van der Waals surface area contributed by atoms with Crippen molar-refractivity contribution < 1.29 is 0 Å². The van der Waals surface area contributed by atoms with Gasteiger partial charge in [-0.2, -0.15) is 0 Å². The Balaban J connectivity index is 2.78. The van der Waals surface area contributed by atoms with Gasteiger partial charge in [-0.3, -0.25) is 0 Å². The van der Waals surface area contributed by atoms with E-state index >= 15 is 0 Å². The summed E-state index contributed by atoms with van der Waals surface area (Å²) in [6.45, 7) is 37.8. The molecule has 0 spiro atoms. The number of hydrogen-bond donors (Lipinski definition) is 0. The normalized spacial score (nSPS) is 14.9. The molecule has 0 heterocycles. The Labute approximate surface area is 219 Å². The van der Waals surface area contributed by atoms with Gasteiger partial charge in [-0.25, -0.2) is 0 Å². The zero-order chi connectivity index (χ0) is 27.4. The minimum Gasteiger partial charge on any atom is -0.0584 e. The van der Waals surface area contributed by atoms with Gasteiger partial charge in [-0.1, -0.05) is 141 Å². The Kier molecular flexibility index (Phi) is 7.96. The summed E-state index contributed by atoms with van der Waals surface area (Å²) in [5.74, 6) is 0.439. The molecule has 196 valence electrons. The van der Waals surface area contributed by atoms with Gasteiger partial charge in [0, 0.05) is 0 Å². The minimum absolute atomic E-state index is 0.0911. The first-order chi connectivity index (χ1) is 15.4. The molecule has 0 N–H and O–H groups in total. The lowest BCUT2D eigenvalue weighted by Crippen LogP contribution is -2.26. The van der Waals surface area contributed by atoms with Crippen LogP contribution in [-0.4, -0.2) is 0 Å². The second kappa shape index (κ2) is 9.39. The van der Waals surface area contributed by atoms with Gasteiger partial charge < -0.3 is 0 Å². The molecule has 0 aliphatic carbocycles. The first-order valence-corrected chi connectivity index (χ1v) is 13.8. The van der Waals surface area contributed by atoms with Crippen LogP contribution >= 0.6 is 0 Å². The van der Waals surface area contributed by atoms with Crippen molar-refractivity contribution in [2.75, 3.05) is 0 Å². The van der Waals surface area contributed by atoms with Crippen LogP contribution in [-0.2, 0) is 33.5 Å². The largest absolute Gasteiger partial charge is 0.0584 e.